The van der Waals surface area contributed by atoms with E-state index in [1.54, 1.807) is 54.1 Å². The SMILES string of the molecule is COc1ccc(NC(=O)Cn2c3ccccc3n3c(=O)cc(-c4ccc(Cl)cc4)nc23)cc1OC. The van der Waals surface area contributed by atoms with Crippen molar-refractivity contribution in [2.24, 2.45) is 0 Å². The van der Waals surface area contributed by atoms with E-state index in [-0.39, 0.29) is 18.0 Å². The van der Waals surface area contributed by atoms with Crippen LogP contribution in [0.15, 0.2) is 77.6 Å². The molecule has 0 aliphatic rings. The number of aromatic nitrogens is 3. The number of methoxy groups -OCH3 is 2. The average Bonchev–Trinajstić information content (AvgIpc) is 3.18. The van der Waals surface area contributed by atoms with E-state index in [0.29, 0.717) is 44.7 Å². The zero-order valence-corrected chi connectivity index (χ0v) is 19.7. The molecule has 0 atom stereocenters. The summed E-state index contributed by atoms with van der Waals surface area (Å²) < 4.78 is 13.8. The summed E-state index contributed by atoms with van der Waals surface area (Å²) in [5, 5.41) is 3.47. The average molecular weight is 489 g/mol. The van der Waals surface area contributed by atoms with Gasteiger partial charge in [-0.25, -0.2) is 9.38 Å². The molecule has 0 unspecified atom stereocenters. The van der Waals surface area contributed by atoms with E-state index in [2.05, 4.69) is 5.32 Å². The highest BCUT2D eigenvalue weighted by Gasteiger charge is 2.17. The Hall–Kier alpha value is -4.30. The Morgan fingerprint density at radius 2 is 1.66 bits per heavy atom. The van der Waals surface area contributed by atoms with Crippen molar-refractivity contribution in [3.8, 4) is 22.8 Å². The number of hydrogen-bond donors (Lipinski definition) is 1. The van der Waals surface area contributed by atoms with Crippen LogP contribution >= 0.6 is 11.6 Å². The maximum absolute atomic E-state index is 13.1. The number of halogens is 1. The van der Waals surface area contributed by atoms with Crippen molar-refractivity contribution >= 4 is 40.0 Å². The first-order chi connectivity index (χ1) is 17.0. The first-order valence-electron chi connectivity index (χ1n) is 10.8. The molecule has 5 aromatic rings. The summed E-state index contributed by atoms with van der Waals surface area (Å²) >= 11 is 6.01. The summed E-state index contributed by atoms with van der Waals surface area (Å²) in [6.07, 6.45) is 0. The van der Waals surface area contributed by atoms with E-state index >= 15 is 0 Å². The van der Waals surface area contributed by atoms with Crippen LogP contribution in [0, 0.1) is 0 Å². The van der Waals surface area contributed by atoms with Crippen molar-refractivity contribution in [3.63, 3.8) is 0 Å². The lowest BCUT2D eigenvalue weighted by atomic mass is 10.1. The number of imidazole rings is 1. The molecule has 3 aromatic carbocycles. The summed E-state index contributed by atoms with van der Waals surface area (Å²) in [6, 6.07) is 21.1. The summed E-state index contributed by atoms with van der Waals surface area (Å²) in [5.74, 6) is 1.15. The Morgan fingerprint density at radius 1 is 0.943 bits per heavy atom. The van der Waals surface area contributed by atoms with Crippen LogP contribution in [0.4, 0.5) is 5.69 Å². The molecule has 0 fully saturated rings. The van der Waals surface area contributed by atoms with Gasteiger partial charge in [-0.15, -0.1) is 0 Å². The molecule has 0 aliphatic carbocycles. The third-order valence-electron chi connectivity index (χ3n) is 5.66. The fourth-order valence-electron chi connectivity index (χ4n) is 4.05. The second kappa shape index (κ2) is 9.15. The number of fused-ring (bicyclic) bond motifs is 3. The van der Waals surface area contributed by atoms with Gasteiger partial charge in [0.2, 0.25) is 11.7 Å². The maximum atomic E-state index is 13.1. The fraction of sp³-hybridized carbons (Fsp3) is 0.115. The van der Waals surface area contributed by atoms with Gasteiger partial charge >= 0.3 is 0 Å². The molecule has 0 saturated heterocycles. The molecule has 0 radical (unpaired) electrons. The van der Waals surface area contributed by atoms with Crippen molar-refractivity contribution in [1.82, 2.24) is 14.0 Å². The van der Waals surface area contributed by atoms with Crippen LogP contribution in [0.1, 0.15) is 0 Å². The Bertz CT molecular complexity index is 1620. The molecule has 9 heteroatoms. The quantitative estimate of drug-likeness (QED) is 0.376. The number of hydrogen-bond acceptors (Lipinski definition) is 5. The predicted octanol–water partition coefficient (Wildman–Crippen LogP) is 4.63. The molecule has 176 valence electrons. The van der Waals surface area contributed by atoms with Crippen LogP contribution < -0.4 is 20.3 Å². The lowest BCUT2D eigenvalue weighted by Gasteiger charge is -2.11. The predicted molar refractivity (Wildman–Crippen MR) is 136 cm³/mol. The summed E-state index contributed by atoms with van der Waals surface area (Å²) in [7, 11) is 3.08. The van der Waals surface area contributed by atoms with Gasteiger partial charge in [0.25, 0.3) is 5.56 Å². The Morgan fingerprint density at radius 3 is 2.37 bits per heavy atom. The molecular weight excluding hydrogens is 468 g/mol. The van der Waals surface area contributed by atoms with Gasteiger partial charge in [-0.3, -0.25) is 9.59 Å². The van der Waals surface area contributed by atoms with Crippen molar-refractivity contribution in [2.75, 3.05) is 19.5 Å². The lowest BCUT2D eigenvalue weighted by Crippen LogP contribution is -2.20. The minimum absolute atomic E-state index is 0.0537. The van der Waals surface area contributed by atoms with Crippen molar-refractivity contribution < 1.29 is 14.3 Å². The van der Waals surface area contributed by atoms with E-state index in [4.69, 9.17) is 26.1 Å². The van der Waals surface area contributed by atoms with Crippen molar-refractivity contribution in [3.05, 3.63) is 88.2 Å². The molecule has 0 aliphatic heterocycles. The molecule has 35 heavy (non-hydrogen) atoms. The standard InChI is InChI=1S/C26H21ClN4O4/c1-34-22-12-11-18(13-23(22)35-2)28-24(32)15-30-20-5-3-4-6-21(20)31-25(33)14-19(29-26(30)31)16-7-9-17(27)10-8-16/h3-14H,15H2,1-2H3,(H,28,32). The lowest BCUT2D eigenvalue weighted by molar-refractivity contribution is -0.116. The monoisotopic (exact) mass is 488 g/mol. The normalized spacial score (nSPS) is 11.1. The Balaban J connectivity index is 1.57. The summed E-state index contributed by atoms with van der Waals surface area (Å²) in [6.45, 7) is -0.0537. The van der Waals surface area contributed by atoms with E-state index < -0.39 is 0 Å². The van der Waals surface area contributed by atoms with Gasteiger partial charge in [0, 0.05) is 28.4 Å². The zero-order valence-electron chi connectivity index (χ0n) is 19.0. The Kier molecular flexibility index (Phi) is 5.88. The third-order valence-corrected chi connectivity index (χ3v) is 5.92. The van der Waals surface area contributed by atoms with Crippen molar-refractivity contribution in [1.29, 1.82) is 0 Å². The van der Waals surface area contributed by atoms with Gasteiger partial charge in [-0.2, -0.15) is 0 Å². The topological polar surface area (TPSA) is 86.9 Å². The number of carbonyl (C=O) groups excluding carboxylic acids is 1. The molecule has 0 spiro atoms. The summed E-state index contributed by atoms with van der Waals surface area (Å²) in [4.78, 5) is 30.9. The second-order valence-electron chi connectivity index (χ2n) is 7.81. The molecule has 2 aromatic heterocycles. The van der Waals surface area contributed by atoms with E-state index in [1.807, 2.05) is 24.3 Å². The van der Waals surface area contributed by atoms with Crippen LogP contribution in [0.5, 0.6) is 11.5 Å². The molecule has 1 amide bonds. The Labute approximate surface area is 205 Å². The number of amides is 1. The van der Waals surface area contributed by atoms with Crippen LogP contribution in [0.25, 0.3) is 28.1 Å². The molecule has 5 rings (SSSR count). The second-order valence-corrected chi connectivity index (χ2v) is 8.25. The summed E-state index contributed by atoms with van der Waals surface area (Å²) in [5.41, 5.74) is 2.95. The molecule has 2 heterocycles. The van der Waals surface area contributed by atoms with E-state index in [1.165, 1.54) is 17.6 Å². The van der Waals surface area contributed by atoms with Crippen LogP contribution in [-0.4, -0.2) is 34.1 Å². The highest BCUT2D eigenvalue weighted by atomic mass is 35.5. The number of nitrogens with one attached hydrogen (secondary N) is 1. The smallest absolute Gasteiger partial charge is 0.260 e. The van der Waals surface area contributed by atoms with Crippen LogP contribution in [0.3, 0.4) is 0 Å². The van der Waals surface area contributed by atoms with E-state index in [0.717, 1.165) is 5.56 Å². The third kappa shape index (κ3) is 4.20. The number of benzene rings is 3. The van der Waals surface area contributed by atoms with Gasteiger partial charge in [-0.1, -0.05) is 35.9 Å². The van der Waals surface area contributed by atoms with Gasteiger partial charge in [0.05, 0.1) is 30.9 Å². The van der Waals surface area contributed by atoms with Crippen LogP contribution in [0.2, 0.25) is 5.02 Å². The number of carbonyl (C=O) groups is 1. The number of rotatable bonds is 6. The molecule has 8 nitrogen and oxygen atoms in total. The minimum Gasteiger partial charge on any atom is -0.493 e. The van der Waals surface area contributed by atoms with Gasteiger partial charge < -0.3 is 19.4 Å². The number of ether oxygens (including phenoxy) is 2. The van der Waals surface area contributed by atoms with Crippen LogP contribution in [-0.2, 0) is 11.3 Å². The van der Waals surface area contributed by atoms with Gasteiger partial charge in [-0.05, 0) is 36.4 Å². The van der Waals surface area contributed by atoms with Gasteiger partial charge in [0.1, 0.15) is 6.54 Å². The minimum atomic E-state index is -0.286. The highest BCUT2D eigenvalue weighted by molar-refractivity contribution is 6.30. The molecule has 0 bridgehead atoms. The number of nitrogens with zero attached hydrogens (tertiary/aromatic N) is 3. The largest absolute Gasteiger partial charge is 0.493 e. The zero-order chi connectivity index (χ0) is 24.5. The van der Waals surface area contributed by atoms with Crippen molar-refractivity contribution in [2.45, 2.75) is 6.54 Å². The highest BCUT2D eigenvalue weighted by Crippen LogP contribution is 2.30. The fourth-order valence-corrected chi connectivity index (χ4v) is 4.18. The first-order valence-corrected chi connectivity index (χ1v) is 11.1. The first kappa shape index (κ1) is 22.5. The molecular formula is C26H21ClN4O4. The maximum Gasteiger partial charge on any atom is 0.260 e. The van der Waals surface area contributed by atoms with E-state index in [9.17, 15) is 9.59 Å². The molecule has 1 N–H and O–H groups in total. The molecule has 0 saturated carbocycles. The number of anilines is 1. The van der Waals surface area contributed by atoms with Gasteiger partial charge in [0.15, 0.2) is 11.5 Å². The number of para-hydroxylation sites is 2.